The summed E-state index contributed by atoms with van der Waals surface area (Å²) in [6.07, 6.45) is 2.94. The van der Waals surface area contributed by atoms with E-state index in [1.165, 1.54) is 0 Å². The molecule has 0 unspecified atom stereocenters. The highest BCUT2D eigenvalue weighted by Gasteiger charge is 2.29. The number of carbonyl (C=O) groups is 1. The number of hydrogen-bond donors (Lipinski definition) is 1. The van der Waals surface area contributed by atoms with Crippen LogP contribution in [0.1, 0.15) is 33.1 Å². The van der Waals surface area contributed by atoms with E-state index in [9.17, 15) is 4.79 Å². The van der Waals surface area contributed by atoms with Crippen LogP contribution in [0.15, 0.2) is 0 Å². The minimum atomic E-state index is 0.148. The van der Waals surface area contributed by atoms with Gasteiger partial charge in [0.25, 0.3) is 0 Å². The number of carbonyl (C=O) groups excluding carboxylic acids is 1. The lowest BCUT2D eigenvalue weighted by atomic mass is 9.89. The van der Waals surface area contributed by atoms with Crippen LogP contribution >= 0.6 is 0 Å². The average molecular weight is 171 g/mol. The fourth-order valence-electron chi connectivity index (χ4n) is 1.39. The van der Waals surface area contributed by atoms with Crippen LogP contribution in [0.25, 0.3) is 0 Å². The molecule has 1 saturated carbocycles. The monoisotopic (exact) mass is 171 g/mol. The quantitative estimate of drug-likeness (QED) is 0.687. The zero-order valence-electron chi connectivity index (χ0n) is 7.80. The van der Waals surface area contributed by atoms with Gasteiger partial charge in [-0.05, 0) is 19.8 Å². The Morgan fingerprint density at radius 2 is 2.17 bits per heavy atom. The lowest BCUT2D eigenvalue weighted by Crippen LogP contribution is -2.47. The van der Waals surface area contributed by atoms with Gasteiger partial charge in [-0.1, -0.05) is 6.92 Å². The molecule has 1 amide bonds. The zero-order valence-corrected chi connectivity index (χ0v) is 7.80. The van der Waals surface area contributed by atoms with E-state index < -0.39 is 0 Å². The molecule has 1 aliphatic carbocycles. The van der Waals surface area contributed by atoms with Gasteiger partial charge < -0.3 is 10.1 Å². The first-order valence-corrected chi connectivity index (χ1v) is 4.67. The van der Waals surface area contributed by atoms with Gasteiger partial charge in [-0.3, -0.25) is 4.79 Å². The standard InChI is InChI=1S/C9H17NO2/c1-3-9(11)10-7-5-8(6-7)12-4-2/h7-8H,3-6H2,1-2H3,(H,10,11). The van der Waals surface area contributed by atoms with Crippen LogP contribution < -0.4 is 5.32 Å². The molecule has 1 rings (SSSR count). The smallest absolute Gasteiger partial charge is 0.219 e. The van der Waals surface area contributed by atoms with Crippen molar-refractivity contribution in [2.75, 3.05) is 6.61 Å². The Bertz CT molecular complexity index is 153. The first kappa shape index (κ1) is 9.52. The van der Waals surface area contributed by atoms with Gasteiger partial charge in [0.05, 0.1) is 6.10 Å². The first-order chi connectivity index (χ1) is 5.76. The van der Waals surface area contributed by atoms with Crippen LogP contribution in [0.5, 0.6) is 0 Å². The Labute approximate surface area is 73.5 Å². The van der Waals surface area contributed by atoms with Crippen LogP contribution in [-0.2, 0) is 9.53 Å². The molecule has 0 radical (unpaired) electrons. The molecule has 0 saturated heterocycles. The fourth-order valence-corrected chi connectivity index (χ4v) is 1.39. The van der Waals surface area contributed by atoms with Crippen LogP contribution in [-0.4, -0.2) is 24.7 Å². The molecular formula is C9H17NO2. The van der Waals surface area contributed by atoms with Gasteiger partial charge in [0.2, 0.25) is 5.91 Å². The van der Waals surface area contributed by atoms with Gasteiger partial charge in [0.15, 0.2) is 0 Å². The summed E-state index contributed by atoms with van der Waals surface area (Å²) < 4.78 is 5.37. The molecule has 70 valence electrons. The SMILES string of the molecule is CCOC1CC(NC(=O)CC)C1. The number of hydrogen-bond acceptors (Lipinski definition) is 2. The summed E-state index contributed by atoms with van der Waals surface area (Å²) in [5.74, 6) is 0.148. The maximum atomic E-state index is 10.9. The lowest BCUT2D eigenvalue weighted by molar-refractivity contribution is -0.123. The molecule has 1 aliphatic rings. The second-order valence-electron chi connectivity index (χ2n) is 3.17. The molecule has 0 aromatic rings. The molecule has 1 fully saturated rings. The van der Waals surface area contributed by atoms with Crippen LogP contribution in [0.4, 0.5) is 0 Å². The predicted molar refractivity (Wildman–Crippen MR) is 46.9 cm³/mol. The molecule has 1 N–H and O–H groups in total. The maximum absolute atomic E-state index is 10.9. The molecule has 0 aromatic carbocycles. The molecule has 0 heterocycles. The Morgan fingerprint density at radius 1 is 1.50 bits per heavy atom. The summed E-state index contributed by atoms with van der Waals surface area (Å²) in [7, 11) is 0. The highest BCUT2D eigenvalue weighted by atomic mass is 16.5. The largest absolute Gasteiger partial charge is 0.378 e. The number of ether oxygens (including phenoxy) is 1. The van der Waals surface area contributed by atoms with Gasteiger partial charge in [-0.15, -0.1) is 0 Å². The molecule has 0 aliphatic heterocycles. The van der Waals surface area contributed by atoms with Crippen molar-refractivity contribution in [1.82, 2.24) is 5.32 Å². The molecule has 0 atom stereocenters. The van der Waals surface area contributed by atoms with Crippen LogP contribution in [0.3, 0.4) is 0 Å². The van der Waals surface area contributed by atoms with E-state index in [2.05, 4.69) is 5.32 Å². The maximum Gasteiger partial charge on any atom is 0.219 e. The van der Waals surface area contributed by atoms with Crippen molar-refractivity contribution >= 4 is 5.91 Å². The average Bonchev–Trinajstić information content (AvgIpc) is 2.00. The second kappa shape index (κ2) is 4.45. The Morgan fingerprint density at radius 3 is 2.67 bits per heavy atom. The molecule has 0 spiro atoms. The van der Waals surface area contributed by atoms with E-state index >= 15 is 0 Å². The van der Waals surface area contributed by atoms with Crippen molar-refractivity contribution in [3.63, 3.8) is 0 Å². The lowest BCUT2D eigenvalue weighted by Gasteiger charge is -2.35. The molecule has 12 heavy (non-hydrogen) atoms. The normalized spacial score (nSPS) is 27.8. The van der Waals surface area contributed by atoms with Gasteiger partial charge >= 0.3 is 0 Å². The molecule has 0 bridgehead atoms. The predicted octanol–water partition coefficient (Wildman–Crippen LogP) is 1.08. The van der Waals surface area contributed by atoms with Crippen molar-refractivity contribution in [1.29, 1.82) is 0 Å². The van der Waals surface area contributed by atoms with Crippen molar-refractivity contribution < 1.29 is 9.53 Å². The Kier molecular flexibility index (Phi) is 3.53. The minimum Gasteiger partial charge on any atom is -0.378 e. The molecule has 3 nitrogen and oxygen atoms in total. The summed E-state index contributed by atoms with van der Waals surface area (Å²) in [6, 6.07) is 0.369. The number of rotatable bonds is 4. The van der Waals surface area contributed by atoms with Crippen molar-refractivity contribution in [2.24, 2.45) is 0 Å². The zero-order chi connectivity index (χ0) is 8.97. The van der Waals surface area contributed by atoms with E-state index in [1.807, 2.05) is 13.8 Å². The minimum absolute atomic E-state index is 0.148. The van der Waals surface area contributed by atoms with E-state index in [0.717, 1.165) is 19.4 Å². The summed E-state index contributed by atoms with van der Waals surface area (Å²) in [6.45, 7) is 4.64. The highest BCUT2D eigenvalue weighted by Crippen LogP contribution is 2.22. The van der Waals surface area contributed by atoms with E-state index in [4.69, 9.17) is 4.74 Å². The molecule has 0 aromatic heterocycles. The van der Waals surface area contributed by atoms with Gasteiger partial charge in [0, 0.05) is 19.1 Å². The van der Waals surface area contributed by atoms with E-state index in [-0.39, 0.29) is 5.91 Å². The number of amides is 1. The summed E-state index contributed by atoms with van der Waals surface area (Å²) in [5, 5.41) is 2.94. The third-order valence-electron chi connectivity index (χ3n) is 2.18. The van der Waals surface area contributed by atoms with Crippen molar-refractivity contribution in [3.8, 4) is 0 Å². The Balaban J connectivity index is 2.05. The summed E-state index contributed by atoms with van der Waals surface area (Å²) in [5.41, 5.74) is 0. The number of nitrogens with one attached hydrogen (secondary N) is 1. The van der Waals surface area contributed by atoms with Crippen LogP contribution in [0, 0.1) is 0 Å². The van der Waals surface area contributed by atoms with Gasteiger partial charge in [-0.25, -0.2) is 0 Å². The third-order valence-corrected chi connectivity index (χ3v) is 2.18. The van der Waals surface area contributed by atoms with E-state index in [1.54, 1.807) is 0 Å². The fraction of sp³-hybridized carbons (Fsp3) is 0.889. The molecular weight excluding hydrogens is 154 g/mol. The summed E-state index contributed by atoms with van der Waals surface area (Å²) in [4.78, 5) is 10.9. The van der Waals surface area contributed by atoms with Crippen LogP contribution in [0.2, 0.25) is 0 Å². The first-order valence-electron chi connectivity index (χ1n) is 4.67. The second-order valence-corrected chi connectivity index (χ2v) is 3.17. The van der Waals surface area contributed by atoms with Gasteiger partial charge in [0.1, 0.15) is 0 Å². The molecule has 3 heteroatoms. The van der Waals surface area contributed by atoms with Gasteiger partial charge in [-0.2, -0.15) is 0 Å². The van der Waals surface area contributed by atoms with E-state index in [0.29, 0.717) is 18.6 Å². The highest BCUT2D eigenvalue weighted by molar-refractivity contribution is 5.75. The Hall–Kier alpha value is -0.570. The summed E-state index contributed by atoms with van der Waals surface area (Å²) >= 11 is 0. The van der Waals surface area contributed by atoms with Crippen molar-refractivity contribution in [2.45, 2.75) is 45.3 Å². The van der Waals surface area contributed by atoms with Crippen molar-refractivity contribution in [3.05, 3.63) is 0 Å². The topological polar surface area (TPSA) is 38.3 Å². The third kappa shape index (κ3) is 2.48.